The lowest BCUT2D eigenvalue weighted by Crippen LogP contribution is -2.25. The van der Waals surface area contributed by atoms with Crippen molar-refractivity contribution in [1.29, 1.82) is 0 Å². The number of nitrogens with one attached hydrogen (secondary N) is 2. The fourth-order valence-corrected chi connectivity index (χ4v) is 2.72. The Bertz CT molecular complexity index is 788. The van der Waals surface area contributed by atoms with E-state index in [2.05, 4.69) is 15.8 Å². The van der Waals surface area contributed by atoms with Gasteiger partial charge < -0.3 is 20.9 Å². The average Bonchev–Trinajstić information content (AvgIpc) is 2.98. The number of hydrogen-bond acceptors (Lipinski definition) is 6. The molecule has 4 N–H and O–H groups in total. The summed E-state index contributed by atoms with van der Waals surface area (Å²) in [5.41, 5.74) is 6.52. The highest BCUT2D eigenvalue weighted by Crippen LogP contribution is 2.16. The molecule has 8 nitrogen and oxygen atoms in total. The molecule has 1 heterocycles. The van der Waals surface area contributed by atoms with Gasteiger partial charge in [0.05, 0.1) is 17.4 Å². The normalized spacial score (nSPS) is 11.6. The molecular weight excluding hydrogens is 356 g/mol. The zero-order valence-electron chi connectivity index (χ0n) is 14.4. The Labute approximate surface area is 154 Å². The Morgan fingerprint density at radius 2 is 1.92 bits per heavy atom. The van der Waals surface area contributed by atoms with E-state index >= 15 is 0 Å². The van der Waals surface area contributed by atoms with Gasteiger partial charge in [-0.1, -0.05) is 17.3 Å². The van der Waals surface area contributed by atoms with Crippen molar-refractivity contribution in [1.82, 2.24) is 5.16 Å². The molecule has 0 saturated heterocycles. The minimum Gasteiger partial charge on any atom is -0.369 e. The molecule has 9 heteroatoms. The third-order valence-electron chi connectivity index (χ3n) is 3.33. The number of nitrogens with two attached hydrogens (primary N) is 1. The zero-order valence-corrected chi connectivity index (χ0v) is 15.3. The second-order valence-corrected chi connectivity index (χ2v) is 6.98. The molecule has 3 amide bonds. The number of aromatic nitrogens is 1. The van der Waals surface area contributed by atoms with E-state index in [1.807, 2.05) is 0 Å². The number of carbonyl (C=O) groups excluding carboxylic acids is 3. The highest BCUT2D eigenvalue weighted by molar-refractivity contribution is 8.01. The number of rotatable bonds is 8. The third kappa shape index (κ3) is 6.25. The van der Waals surface area contributed by atoms with Crippen molar-refractivity contribution < 1.29 is 18.9 Å². The van der Waals surface area contributed by atoms with Crippen LogP contribution >= 0.6 is 11.8 Å². The molecule has 0 radical (unpaired) electrons. The number of amides is 3. The summed E-state index contributed by atoms with van der Waals surface area (Å²) in [6.07, 6.45) is 0.155. The summed E-state index contributed by atoms with van der Waals surface area (Å²) in [4.78, 5) is 34.9. The molecule has 0 aliphatic rings. The van der Waals surface area contributed by atoms with Gasteiger partial charge in [0.1, 0.15) is 5.76 Å². The van der Waals surface area contributed by atoms with Crippen LogP contribution in [-0.2, 0) is 20.8 Å². The molecule has 2 aromatic rings. The summed E-state index contributed by atoms with van der Waals surface area (Å²) in [5, 5.41) is 8.61. The summed E-state index contributed by atoms with van der Waals surface area (Å²) in [7, 11) is 0. The summed E-state index contributed by atoms with van der Waals surface area (Å²) in [6.45, 7) is 3.43. The molecule has 2 rings (SSSR count). The lowest BCUT2D eigenvalue weighted by molar-refractivity contribution is -0.117. The van der Waals surface area contributed by atoms with Gasteiger partial charge in [-0.15, -0.1) is 11.8 Å². The largest absolute Gasteiger partial charge is 0.369 e. The van der Waals surface area contributed by atoms with Gasteiger partial charge in [-0.3, -0.25) is 14.4 Å². The van der Waals surface area contributed by atoms with Gasteiger partial charge in [0, 0.05) is 11.8 Å². The Morgan fingerprint density at radius 1 is 1.23 bits per heavy atom. The van der Waals surface area contributed by atoms with Crippen LogP contribution in [0.5, 0.6) is 0 Å². The second-order valence-electron chi connectivity index (χ2n) is 5.65. The molecule has 1 aromatic heterocycles. The van der Waals surface area contributed by atoms with Crippen LogP contribution in [0.4, 0.5) is 11.5 Å². The topological polar surface area (TPSA) is 127 Å². The standard InChI is InChI=1S/C17H20N4O4S/c1-10-7-15(21-25-10)20-17(24)11(2)26-9-16(23)19-13-5-3-12(4-6-13)8-14(18)22/h3-7,11H,8-9H2,1-2H3,(H2,18,22)(H,19,23)(H,20,21,24). The summed E-state index contributed by atoms with van der Waals surface area (Å²) >= 11 is 1.21. The maximum absolute atomic E-state index is 12.0. The second kappa shape index (κ2) is 9.04. The van der Waals surface area contributed by atoms with Crippen LogP contribution in [0.15, 0.2) is 34.9 Å². The van der Waals surface area contributed by atoms with Crippen molar-refractivity contribution in [3.05, 3.63) is 41.7 Å². The number of thioether (sulfide) groups is 1. The van der Waals surface area contributed by atoms with Gasteiger partial charge >= 0.3 is 0 Å². The number of nitrogens with zero attached hydrogens (tertiary/aromatic N) is 1. The molecule has 1 atom stereocenters. The first kappa shape index (κ1) is 19.5. The Hall–Kier alpha value is -2.81. The molecule has 0 bridgehead atoms. The van der Waals surface area contributed by atoms with E-state index in [1.54, 1.807) is 44.2 Å². The van der Waals surface area contributed by atoms with Crippen molar-refractivity contribution in [2.75, 3.05) is 16.4 Å². The van der Waals surface area contributed by atoms with Crippen LogP contribution in [0.1, 0.15) is 18.2 Å². The first-order valence-electron chi connectivity index (χ1n) is 7.86. The van der Waals surface area contributed by atoms with E-state index in [9.17, 15) is 14.4 Å². The van der Waals surface area contributed by atoms with Gasteiger partial charge in [0.2, 0.25) is 17.7 Å². The molecular formula is C17H20N4O4S. The number of carbonyl (C=O) groups is 3. The average molecular weight is 376 g/mol. The molecule has 0 saturated carbocycles. The lowest BCUT2D eigenvalue weighted by atomic mass is 10.1. The first-order valence-corrected chi connectivity index (χ1v) is 8.91. The van der Waals surface area contributed by atoms with E-state index in [-0.39, 0.29) is 24.0 Å². The maximum Gasteiger partial charge on any atom is 0.238 e. The van der Waals surface area contributed by atoms with Crippen LogP contribution in [0.25, 0.3) is 0 Å². The summed E-state index contributed by atoms with van der Waals surface area (Å²) in [5.74, 6) is 0.171. The minimum absolute atomic E-state index is 0.121. The van der Waals surface area contributed by atoms with Gasteiger partial charge in [0.25, 0.3) is 0 Å². The molecule has 1 aromatic carbocycles. The number of aryl methyl sites for hydroxylation is 1. The fourth-order valence-electron chi connectivity index (χ4n) is 2.03. The Kier molecular flexibility index (Phi) is 6.79. The predicted octanol–water partition coefficient (Wildman–Crippen LogP) is 1.71. The molecule has 0 aliphatic heterocycles. The van der Waals surface area contributed by atoms with Crippen molar-refractivity contribution in [3.63, 3.8) is 0 Å². The predicted molar refractivity (Wildman–Crippen MR) is 99.8 cm³/mol. The van der Waals surface area contributed by atoms with Crippen LogP contribution in [0, 0.1) is 6.92 Å². The molecule has 1 unspecified atom stereocenters. The van der Waals surface area contributed by atoms with E-state index in [0.29, 0.717) is 17.3 Å². The van der Waals surface area contributed by atoms with E-state index < -0.39 is 11.2 Å². The van der Waals surface area contributed by atoms with Crippen molar-refractivity contribution in [2.24, 2.45) is 5.73 Å². The van der Waals surface area contributed by atoms with Gasteiger partial charge in [-0.2, -0.15) is 0 Å². The Balaban J connectivity index is 1.76. The Morgan fingerprint density at radius 3 is 2.50 bits per heavy atom. The molecule has 26 heavy (non-hydrogen) atoms. The maximum atomic E-state index is 12.0. The number of benzene rings is 1. The van der Waals surface area contributed by atoms with Crippen LogP contribution in [0.2, 0.25) is 0 Å². The monoisotopic (exact) mass is 376 g/mol. The van der Waals surface area contributed by atoms with Crippen LogP contribution < -0.4 is 16.4 Å². The highest BCUT2D eigenvalue weighted by Gasteiger charge is 2.17. The molecule has 0 aliphatic carbocycles. The van der Waals surface area contributed by atoms with Crippen molar-refractivity contribution in [3.8, 4) is 0 Å². The lowest BCUT2D eigenvalue weighted by Gasteiger charge is -2.11. The number of anilines is 2. The molecule has 138 valence electrons. The quantitative estimate of drug-likeness (QED) is 0.643. The SMILES string of the molecule is Cc1cc(NC(=O)C(C)SCC(=O)Nc2ccc(CC(N)=O)cc2)no1. The van der Waals surface area contributed by atoms with E-state index in [4.69, 9.17) is 10.3 Å². The van der Waals surface area contributed by atoms with Gasteiger partial charge in [-0.05, 0) is 31.5 Å². The van der Waals surface area contributed by atoms with Gasteiger partial charge in [0.15, 0.2) is 5.82 Å². The number of hydrogen-bond donors (Lipinski definition) is 3. The summed E-state index contributed by atoms with van der Waals surface area (Å²) in [6, 6.07) is 8.46. The molecule has 0 fully saturated rings. The van der Waals surface area contributed by atoms with Gasteiger partial charge in [-0.25, -0.2) is 0 Å². The van der Waals surface area contributed by atoms with E-state index in [1.165, 1.54) is 11.8 Å². The first-order chi connectivity index (χ1) is 12.3. The smallest absolute Gasteiger partial charge is 0.238 e. The van der Waals surface area contributed by atoms with E-state index in [0.717, 1.165) is 5.56 Å². The number of primary amides is 1. The highest BCUT2D eigenvalue weighted by atomic mass is 32.2. The van der Waals surface area contributed by atoms with Crippen molar-refractivity contribution >= 4 is 41.0 Å². The third-order valence-corrected chi connectivity index (χ3v) is 4.47. The van der Waals surface area contributed by atoms with Crippen molar-refractivity contribution in [2.45, 2.75) is 25.5 Å². The minimum atomic E-state index is -0.435. The van der Waals surface area contributed by atoms with Crippen LogP contribution in [-0.4, -0.2) is 33.9 Å². The molecule has 0 spiro atoms. The zero-order chi connectivity index (χ0) is 19.1. The fraction of sp³-hybridized carbons (Fsp3) is 0.294. The summed E-state index contributed by atoms with van der Waals surface area (Å²) < 4.78 is 4.88. The van der Waals surface area contributed by atoms with Crippen LogP contribution in [0.3, 0.4) is 0 Å².